The third-order valence-corrected chi connectivity index (χ3v) is 18.0. The number of hydrogen-bond donors (Lipinski definition) is 0. The lowest BCUT2D eigenvalue weighted by Gasteiger charge is -2.37. The van der Waals surface area contributed by atoms with Crippen LogP contribution in [0.4, 0.5) is 0 Å². The van der Waals surface area contributed by atoms with Gasteiger partial charge in [-0.2, -0.15) is 0 Å². The van der Waals surface area contributed by atoms with Gasteiger partial charge in [0, 0.05) is 23.0 Å². The summed E-state index contributed by atoms with van der Waals surface area (Å²) in [7, 11) is -3.89. The average Bonchev–Trinajstić information content (AvgIpc) is 3.30. The second-order valence-corrected chi connectivity index (χ2v) is 23.3. The van der Waals surface area contributed by atoms with E-state index >= 15 is 0 Å². The van der Waals surface area contributed by atoms with Crippen molar-refractivity contribution in [2.45, 2.75) is 96.6 Å². The van der Waals surface area contributed by atoms with Crippen LogP contribution in [0.25, 0.3) is 11.5 Å². The Bertz CT molecular complexity index is 1100. The van der Waals surface area contributed by atoms with Crippen LogP contribution >= 0.6 is 0 Å². The Hall–Kier alpha value is -2.05. The molecule has 4 rings (SSSR count). The molecule has 2 atom stereocenters. The van der Waals surface area contributed by atoms with Gasteiger partial charge in [-0.25, -0.2) is 0 Å². The van der Waals surface area contributed by atoms with Crippen LogP contribution in [-0.4, -0.2) is 16.6 Å². The molecule has 0 N–H and O–H groups in total. The van der Waals surface area contributed by atoms with E-state index in [1.54, 1.807) is 0 Å². The fourth-order valence-electron chi connectivity index (χ4n) is 4.84. The molecule has 0 heterocycles. The minimum absolute atomic E-state index is 0.162. The monoisotopic (exact) mass is 518 g/mol. The fourth-order valence-corrected chi connectivity index (χ4v) is 6.90. The lowest BCUT2D eigenvalue weighted by atomic mass is 9.78. The highest BCUT2D eigenvalue weighted by Gasteiger charge is 2.44. The molecule has 0 amide bonds. The summed E-state index contributed by atoms with van der Waals surface area (Å²) in [5, 5.41) is 0.325. The number of benzene rings is 2. The van der Waals surface area contributed by atoms with E-state index in [9.17, 15) is 0 Å². The maximum absolute atomic E-state index is 6.89. The van der Waals surface area contributed by atoms with Crippen molar-refractivity contribution in [2.75, 3.05) is 0 Å². The standard InChI is InChI=1S/C32H46O2Si2/c1-22(27-20-29(25-18-14-12-16-23(25)27)33-35(8,9)31(2,3)4)28-21-30(26-19-15-13-17-24(26)28)34-36(10,11)32(5,6)7/h12-22,27-28H,1-11H3. The van der Waals surface area contributed by atoms with Crippen LogP contribution in [0.5, 0.6) is 0 Å². The number of allylic oxidation sites excluding steroid dienone is 2. The van der Waals surface area contributed by atoms with Gasteiger partial charge in [0.2, 0.25) is 16.6 Å². The molecule has 0 spiro atoms. The first-order valence-electron chi connectivity index (χ1n) is 13.5. The predicted octanol–water partition coefficient (Wildman–Crippen LogP) is 9.94. The van der Waals surface area contributed by atoms with E-state index in [1.165, 1.54) is 22.3 Å². The molecule has 0 saturated heterocycles. The summed E-state index contributed by atoms with van der Waals surface area (Å²) in [5.41, 5.74) is 5.33. The molecule has 0 aromatic heterocycles. The van der Waals surface area contributed by atoms with Crippen molar-refractivity contribution in [1.29, 1.82) is 0 Å². The molecule has 2 nitrogen and oxygen atoms in total. The van der Waals surface area contributed by atoms with Crippen molar-refractivity contribution in [3.63, 3.8) is 0 Å². The quantitative estimate of drug-likeness (QED) is 0.354. The van der Waals surface area contributed by atoms with Crippen LogP contribution in [-0.2, 0) is 8.85 Å². The number of fused-ring (bicyclic) bond motifs is 2. The first-order chi connectivity index (χ1) is 16.5. The second kappa shape index (κ2) is 9.06. The van der Waals surface area contributed by atoms with E-state index in [4.69, 9.17) is 8.85 Å². The SMILES string of the molecule is CC(C1C=C(O[Si](C)(C)C(C)(C)C)c2ccccc21)C1C=C(O[Si](C)(C)C(C)(C)C)c2ccccc21. The molecule has 0 saturated carbocycles. The number of rotatable bonds is 6. The minimum Gasteiger partial charge on any atom is -0.543 e. The summed E-state index contributed by atoms with van der Waals surface area (Å²) >= 11 is 0. The predicted molar refractivity (Wildman–Crippen MR) is 160 cm³/mol. The molecule has 0 bridgehead atoms. The molecule has 0 fully saturated rings. The summed E-state index contributed by atoms with van der Waals surface area (Å²) in [6, 6.07) is 17.7. The third-order valence-electron chi connectivity index (χ3n) is 9.31. The Morgan fingerprint density at radius 1 is 0.611 bits per heavy atom. The summed E-state index contributed by atoms with van der Waals surface area (Å²) < 4.78 is 13.8. The lowest BCUT2D eigenvalue weighted by molar-refractivity contribution is 0.449. The molecule has 0 aliphatic heterocycles. The van der Waals surface area contributed by atoms with Gasteiger partial charge in [-0.05, 0) is 65.5 Å². The van der Waals surface area contributed by atoms with Crippen LogP contribution in [0.2, 0.25) is 36.3 Å². The van der Waals surface area contributed by atoms with Crippen molar-refractivity contribution < 1.29 is 8.85 Å². The Balaban J connectivity index is 1.71. The molecule has 2 aromatic carbocycles. The van der Waals surface area contributed by atoms with Crippen molar-refractivity contribution in [3.8, 4) is 0 Å². The molecule has 2 aliphatic carbocycles. The van der Waals surface area contributed by atoms with Crippen molar-refractivity contribution in [1.82, 2.24) is 0 Å². The van der Waals surface area contributed by atoms with Gasteiger partial charge in [0.25, 0.3) is 0 Å². The summed E-state index contributed by atoms with van der Waals surface area (Å²) in [4.78, 5) is 0. The van der Waals surface area contributed by atoms with E-state index in [1.807, 2.05) is 0 Å². The Labute approximate surface area is 222 Å². The highest BCUT2D eigenvalue weighted by molar-refractivity contribution is 6.75. The zero-order chi connectivity index (χ0) is 26.7. The minimum atomic E-state index is -1.94. The molecular weight excluding hydrogens is 473 g/mol. The lowest BCUT2D eigenvalue weighted by Crippen LogP contribution is -2.40. The van der Waals surface area contributed by atoms with Crippen LogP contribution in [0, 0.1) is 5.92 Å². The summed E-state index contributed by atoms with van der Waals surface area (Å²) in [6.07, 6.45) is 4.83. The molecule has 4 heteroatoms. The smallest absolute Gasteiger partial charge is 0.250 e. The maximum Gasteiger partial charge on any atom is 0.250 e. The summed E-state index contributed by atoms with van der Waals surface area (Å²) in [5.74, 6) is 3.17. The Morgan fingerprint density at radius 3 is 1.28 bits per heavy atom. The maximum atomic E-state index is 6.89. The topological polar surface area (TPSA) is 18.5 Å². The van der Waals surface area contributed by atoms with Crippen molar-refractivity contribution in [2.24, 2.45) is 5.92 Å². The number of hydrogen-bond acceptors (Lipinski definition) is 2. The van der Waals surface area contributed by atoms with Gasteiger partial charge < -0.3 is 8.85 Å². The molecule has 194 valence electrons. The van der Waals surface area contributed by atoms with Crippen LogP contribution in [0.3, 0.4) is 0 Å². The molecule has 36 heavy (non-hydrogen) atoms. The Morgan fingerprint density at radius 2 is 0.944 bits per heavy atom. The zero-order valence-electron chi connectivity index (χ0n) is 24.3. The molecular formula is C32H46O2Si2. The van der Waals surface area contributed by atoms with E-state index in [2.05, 4.69) is 135 Å². The highest BCUT2D eigenvalue weighted by Crippen LogP contribution is 2.52. The van der Waals surface area contributed by atoms with Gasteiger partial charge in [-0.1, -0.05) is 97.0 Å². The van der Waals surface area contributed by atoms with Gasteiger partial charge in [-0.3, -0.25) is 0 Å². The fraction of sp³-hybridized carbons (Fsp3) is 0.500. The van der Waals surface area contributed by atoms with E-state index in [0.29, 0.717) is 17.8 Å². The normalized spacial score (nSPS) is 20.9. The van der Waals surface area contributed by atoms with E-state index < -0.39 is 16.6 Å². The van der Waals surface area contributed by atoms with Gasteiger partial charge in [0.15, 0.2) is 0 Å². The van der Waals surface area contributed by atoms with Crippen LogP contribution < -0.4 is 0 Å². The molecule has 2 aliphatic rings. The largest absolute Gasteiger partial charge is 0.543 e. The van der Waals surface area contributed by atoms with Gasteiger partial charge in [-0.15, -0.1) is 0 Å². The third kappa shape index (κ3) is 4.79. The van der Waals surface area contributed by atoms with Gasteiger partial charge in [0.05, 0.1) is 0 Å². The second-order valence-electron chi connectivity index (χ2n) is 13.9. The van der Waals surface area contributed by atoms with E-state index in [0.717, 1.165) is 11.5 Å². The van der Waals surface area contributed by atoms with Crippen LogP contribution in [0.15, 0.2) is 60.7 Å². The molecule has 0 radical (unpaired) electrons. The van der Waals surface area contributed by atoms with Gasteiger partial charge >= 0.3 is 0 Å². The van der Waals surface area contributed by atoms with E-state index in [-0.39, 0.29) is 10.1 Å². The summed E-state index contributed by atoms with van der Waals surface area (Å²) in [6.45, 7) is 25.6. The van der Waals surface area contributed by atoms with Gasteiger partial charge in [0.1, 0.15) is 11.5 Å². The zero-order valence-corrected chi connectivity index (χ0v) is 26.3. The van der Waals surface area contributed by atoms with Crippen molar-refractivity contribution in [3.05, 3.63) is 82.9 Å². The van der Waals surface area contributed by atoms with Crippen molar-refractivity contribution >= 4 is 28.2 Å². The Kier molecular flexibility index (Phi) is 6.79. The van der Waals surface area contributed by atoms with Crippen LogP contribution in [0.1, 0.15) is 82.6 Å². The first-order valence-corrected chi connectivity index (χ1v) is 19.4. The first kappa shape index (κ1) is 27.0. The molecule has 2 unspecified atom stereocenters. The highest BCUT2D eigenvalue weighted by atomic mass is 28.4. The molecule has 2 aromatic rings. The average molecular weight is 519 g/mol.